The Bertz CT molecular complexity index is 488. The Morgan fingerprint density at radius 3 is 2.43 bits per heavy atom. The van der Waals surface area contributed by atoms with E-state index in [2.05, 4.69) is 9.97 Å². The van der Waals surface area contributed by atoms with Crippen molar-refractivity contribution >= 4 is 5.82 Å². The summed E-state index contributed by atoms with van der Waals surface area (Å²) in [6, 6.07) is 3.43. The highest BCUT2D eigenvalue weighted by Gasteiger charge is 2.10. The maximum absolute atomic E-state index is 11.3. The van der Waals surface area contributed by atoms with E-state index in [1.807, 2.05) is 0 Å². The Hall–Kier alpha value is -2.34. The molecular formula is C8H7N5O. The van der Waals surface area contributed by atoms with E-state index in [9.17, 15) is 4.79 Å². The number of aromatic nitrogens is 2. The fourth-order valence-corrected chi connectivity index (χ4v) is 0.906. The van der Waals surface area contributed by atoms with E-state index in [1.165, 1.54) is 4.90 Å². The molecule has 0 unspecified atom stereocenters. The van der Waals surface area contributed by atoms with Crippen molar-refractivity contribution in [2.24, 2.45) is 0 Å². The summed E-state index contributed by atoms with van der Waals surface area (Å²) in [7, 11) is 3.26. The number of nitriles is 2. The molecule has 0 saturated carbocycles. The lowest BCUT2D eigenvalue weighted by molar-refractivity contribution is 0.989. The molecule has 0 radical (unpaired) electrons. The Balaban J connectivity index is 3.50. The SMILES string of the molecule is CN(C)c1nc(C#N)c(C#N)[nH]c1=O. The van der Waals surface area contributed by atoms with Crippen molar-refractivity contribution in [3.8, 4) is 12.1 Å². The molecule has 0 bridgehead atoms. The van der Waals surface area contributed by atoms with E-state index >= 15 is 0 Å². The predicted octanol–water partition coefficient (Wildman–Crippen LogP) is -0.421. The van der Waals surface area contributed by atoms with Gasteiger partial charge in [0.05, 0.1) is 0 Å². The van der Waals surface area contributed by atoms with Crippen LogP contribution in [-0.4, -0.2) is 24.1 Å². The molecule has 70 valence electrons. The van der Waals surface area contributed by atoms with Crippen molar-refractivity contribution in [2.45, 2.75) is 0 Å². The number of rotatable bonds is 1. The van der Waals surface area contributed by atoms with Crippen molar-refractivity contribution in [3.63, 3.8) is 0 Å². The van der Waals surface area contributed by atoms with Crippen molar-refractivity contribution in [1.82, 2.24) is 9.97 Å². The minimum Gasteiger partial charge on any atom is -0.358 e. The third-order valence-electron chi connectivity index (χ3n) is 1.54. The lowest BCUT2D eigenvalue weighted by Gasteiger charge is -2.09. The summed E-state index contributed by atoms with van der Waals surface area (Å²) in [4.78, 5) is 18.8. The molecule has 6 heteroatoms. The molecule has 0 fully saturated rings. The zero-order chi connectivity index (χ0) is 10.7. The highest BCUT2D eigenvalue weighted by Crippen LogP contribution is 2.03. The molecule has 0 saturated heterocycles. The van der Waals surface area contributed by atoms with E-state index in [1.54, 1.807) is 26.2 Å². The Kier molecular flexibility index (Phi) is 2.49. The summed E-state index contributed by atoms with van der Waals surface area (Å²) in [5.74, 6) is 0.112. The Morgan fingerprint density at radius 1 is 1.36 bits per heavy atom. The van der Waals surface area contributed by atoms with Crippen LogP contribution >= 0.6 is 0 Å². The summed E-state index contributed by atoms with van der Waals surface area (Å²) in [5, 5.41) is 17.2. The lowest BCUT2D eigenvalue weighted by atomic mass is 10.3. The van der Waals surface area contributed by atoms with Gasteiger partial charge in [-0.1, -0.05) is 0 Å². The monoisotopic (exact) mass is 189 g/mol. The fourth-order valence-electron chi connectivity index (χ4n) is 0.906. The molecule has 1 rings (SSSR count). The molecule has 0 aliphatic carbocycles. The zero-order valence-corrected chi connectivity index (χ0v) is 7.70. The predicted molar refractivity (Wildman–Crippen MR) is 48.6 cm³/mol. The van der Waals surface area contributed by atoms with Gasteiger partial charge in [-0.15, -0.1) is 0 Å². The molecular weight excluding hydrogens is 182 g/mol. The van der Waals surface area contributed by atoms with E-state index in [0.29, 0.717) is 0 Å². The van der Waals surface area contributed by atoms with Gasteiger partial charge in [0.15, 0.2) is 17.2 Å². The maximum Gasteiger partial charge on any atom is 0.291 e. The largest absolute Gasteiger partial charge is 0.358 e. The molecule has 0 spiro atoms. The van der Waals surface area contributed by atoms with Gasteiger partial charge in [-0.25, -0.2) is 4.98 Å². The second kappa shape index (κ2) is 3.58. The van der Waals surface area contributed by atoms with Crippen LogP contribution in [0.1, 0.15) is 11.4 Å². The van der Waals surface area contributed by atoms with Gasteiger partial charge in [0.2, 0.25) is 0 Å². The van der Waals surface area contributed by atoms with Crippen LogP contribution in [0, 0.1) is 22.7 Å². The highest BCUT2D eigenvalue weighted by atomic mass is 16.1. The first-order valence-corrected chi connectivity index (χ1v) is 3.72. The summed E-state index contributed by atoms with van der Waals surface area (Å²) in [6.45, 7) is 0. The van der Waals surface area contributed by atoms with Crippen molar-refractivity contribution in [2.75, 3.05) is 19.0 Å². The van der Waals surface area contributed by atoms with Crippen LogP contribution in [0.5, 0.6) is 0 Å². The highest BCUT2D eigenvalue weighted by molar-refractivity contribution is 5.43. The number of aromatic amines is 1. The van der Waals surface area contributed by atoms with Crippen LogP contribution in [-0.2, 0) is 0 Å². The van der Waals surface area contributed by atoms with Crippen LogP contribution in [0.15, 0.2) is 4.79 Å². The van der Waals surface area contributed by atoms with E-state index in [-0.39, 0.29) is 17.2 Å². The molecule has 1 aromatic heterocycles. The van der Waals surface area contributed by atoms with Crippen LogP contribution in [0.2, 0.25) is 0 Å². The summed E-state index contributed by atoms with van der Waals surface area (Å²) in [6.07, 6.45) is 0. The normalized spacial score (nSPS) is 8.86. The first-order valence-electron chi connectivity index (χ1n) is 3.72. The fraction of sp³-hybridized carbons (Fsp3) is 0.250. The summed E-state index contributed by atoms with van der Waals surface area (Å²) >= 11 is 0. The standard InChI is InChI=1S/C8H7N5O/c1-13(2)7-8(14)12-6(4-10)5(3-9)11-7/h1-2H3,(H,12,14). The van der Waals surface area contributed by atoms with Crippen LogP contribution < -0.4 is 10.5 Å². The first kappa shape index (κ1) is 9.75. The average molecular weight is 189 g/mol. The van der Waals surface area contributed by atoms with Crippen LogP contribution in [0.4, 0.5) is 5.82 Å². The molecule has 1 N–H and O–H groups in total. The minimum atomic E-state index is -0.481. The zero-order valence-electron chi connectivity index (χ0n) is 7.70. The van der Waals surface area contributed by atoms with Crippen LogP contribution in [0.25, 0.3) is 0 Å². The van der Waals surface area contributed by atoms with Gasteiger partial charge in [0.1, 0.15) is 12.1 Å². The maximum atomic E-state index is 11.3. The number of hydrogen-bond donors (Lipinski definition) is 1. The van der Waals surface area contributed by atoms with Crippen molar-refractivity contribution < 1.29 is 0 Å². The van der Waals surface area contributed by atoms with Crippen LogP contribution in [0.3, 0.4) is 0 Å². The third kappa shape index (κ3) is 1.54. The van der Waals surface area contributed by atoms with Gasteiger partial charge in [0.25, 0.3) is 5.56 Å². The molecule has 0 aliphatic heterocycles. The molecule has 6 nitrogen and oxygen atoms in total. The lowest BCUT2D eigenvalue weighted by Crippen LogP contribution is -2.24. The topological polar surface area (TPSA) is 96.6 Å². The molecule has 0 aliphatic rings. The van der Waals surface area contributed by atoms with Gasteiger partial charge in [-0.05, 0) is 0 Å². The van der Waals surface area contributed by atoms with Gasteiger partial charge in [-0.3, -0.25) is 4.79 Å². The molecule has 0 atom stereocenters. The molecule has 1 heterocycles. The van der Waals surface area contributed by atoms with Gasteiger partial charge in [-0.2, -0.15) is 10.5 Å². The summed E-state index contributed by atoms with van der Waals surface area (Å²) < 4.78 is 0. The summed E-state index contributed by atoms with van der Waals surface area (Å²) in [5.41, 5.74) is -0.663. The molecule has 1 aromatic rings. The van der Waals surface area contributed by atoms with E-state index in [4.69, 9.17) is 10.5 Å². The first-order chi connectivity index (χ1) is 6.60. The second-order valence-corrected chi connectivity index (χ2v) is 2.73. The number of anilines is 1. The van der Waals surface area contributed by atoms with E-state index < -0.39 is 5.56 Å². The van der Waals surface area contributed by atoms with Crippen molar-refractivity contribution in [3.05, 3.63) is 21.7 Å². The van der Waals surface area contributed by atoms with Gasteiger partial charge < -0.3 is 9.88 Å². The Morgan fingerprint density at radius 2 is 2.00 bits per heavy atom. The molecule has 0 amide bonds. The third-order valence-corrected chi connectivity index (χ3v) is 1.54. The second-order valence-electron chi connectivity index (χ2n) is 2.73. The minimum absolute atomic E-state index is 0.0733. The quantitative estimate of drug-likeness (QED) is 0.647. The van der Waals surface area contributed by atoms with Gasteiger partial charge >= 0.3 is 0 Å². The number of H-pyrrole nitrogens is 1. The van der Waals surface area contributed by atoms with E-state index in [0.717, 1.165) is 0 Å². The number of nitrogens with zero attached hydrogens (tertiary/aromatic N) is 4. The number of hydrogen-bond acceptors (Lipinski definition) is 5. The smallest absolute Gasteiger partial charge is 0.291 e. The van der Waals surface area contributed by atoms with Gasteiger partial charge in [0, 0.05) is 14.1 Å². The number of nitrogens with one attached hydrogen (secondary N) is 1. The molecule has 0 aromatic carbocycles. The average Bonchev–Trinajstić information content (AvgIpc) is 2.16. The molecule has 14 heavy (non-hydrogen) atoms. The van der Waals surface area contributed by atoms with Crippen molar-refractivity contribution in [1.29, 1.82) is 10.5 Å². The Labute approximate surface area is 80.0 Å².